The molecule has 0 radical (unpaired) electrons. The van der Waals surface area contributed by atoms with Crippen LogP contribution in [0.4, 0.5) is 11.4 Å². The van der Waals surface area contributed by atoms with Crippen molar-refractivity contribution in [3.05, 3.63) is 143 Å². The van der Waals surface area contributed by atoms with E-state index in [9.17, 15) is 19.8 Å². The zero-order valence-electron chi connectivity index (χ0n) is 45.9. The fourth-order valence-corrected chi connectivity index (χ4v) is 9.23. The van der Waals surface area contributed by atoms with Gasteiger partial charge in [-0.2, -0.15) is 0 Å². The molecular weight excluding hydrogens is 1330 g/mol. The van der Waals surface area contributed by atoms with Crippen LogP contribution in [0.15, 0.2) is 130 Å². The molecule has 22 nitrogen and oxygen atoms in total. The molecule has 2 heterocycles. The second kappa shape index (κ2) is 29.9. The third kappa shape index (κ3) is 19.2. The van der Waals surface area contributed by atoms with Crippen molar-refractivity contribution in [1.29, 1.82) is 0 Å². The van der Waals surface area contributed by atoms with Gasteiger partial charge < -0.3 is 43.5 Å². The monoisotopic (exact) mass is 1400 g/mol. The molecule has 2 aliphatic heterocycles. The number of nitrogens with zero attached hydrogens (tertiary/aromatic N) is 4. The molecule has 4 aromatic carbocycles. The van der Waals surface area contributed by atoms with Gasteiger partial charge in [0.25, 0.3) is 0 Å². The average molecular weight is 1390 g/mol. The molecule has 2 aliphatic carbocycles. The van der Waals surface area contributed by atoms with Crippen LogP contribution >= 0.6 is 7.82 Å². The molecule has 0 unspecified atom stereocenters. The number of carboxylic acids is 2. The molecule has 4 aromatic rings. The van der Waals surface area contributed by atoms with Gasteiger partial charge in [-0.15, -0.1) is 0 Å². The summed E-state index contributed by atoms with van der Waals surface area (Å²) in [5, 5.41) is 23.8. The first-order chi connectivity index (χ1) is 38.0. The predicted octanol–water partition coefficient (Wildman–Crippen LogP) is 6.22. The molecule has 0 bridgehead atoms. The van der Waals surface area contributed by atoms with Crippen LogP contribution < -0.4 is 37.2 Å². The number of rotatable bonds is 14. The molecule has 0 saturated heterocycles. The van der Waals surface area contributed by atoms with E-state index in [1.54, 1.807) is 24.3 Å². The van der Waals surface area contributed by atoms with Crippen molar-refractivity contribution in [3.63, 3.8) is 0 Å². The molecule has 0 atom stereocenters. The second-order valence-corrected chi connectivity index (χ2v) is 23.7. The van der Waals surface area contributed by atoms with E-state index < -0.39 is 53.3 Å². The minimum absolute atomic E-state index is 0.284. The SMILES string of the molecule is CCN(CC)c1ccc2c(-c3ccccc3C(=O)O)c3ccc(=[N+](CC)CC)cc-3oc2c1.CCN(CC)c1ccc2c(-c3ccccc3C(=O)O)c3ccc(=[N+](CC)CC)cc-3oc2c1.O=P(O)(O)O.[O]=[Mo](=[O])([O-])[O-].[O]=[W](=[O])([OH])[OH]. The average Bonchev–Trinajstić information content (AvgIpc) is 3.57. The van der Waals surface area contributed by atoms with E-state index >= 15 is 0 Å². The summed E-state index contributed by atoms with van der Waals surface area (Å²) in [6.07, 6.45) is 0. The Labute approximate surface area is 475 Å². The summed E-state index contributed by atoms with van der Waals surface area (Å²) in [4.78, 5) is 50.3. The van der Waals surface area contributed by atoms with Crippen LogP contribution in [0.5, 0.6) is 0 Å². The summed E-state index contributed by atoms with van der Waals surface area (Å²) < 4.78 is 93.0. The molecule has 0 spiro atoms. The Hall–Kier alpha value is -6.67. The third-order valence-electron chi connectivity index (χ3n) is 12.7. The Bertz CT molecular complexity index is 3580. The zero-order valence-corrected chi connectivity index (χ0v) is 51.7. The van der Waals surface area contributed by atoms with Gasteiger partial charge in [-0.05, 0) is 115 Å². The topological polar surface area (TPSA) is 346 Å². The summed E-state index contributed by atoms with van der Waals surface area (Å²) >= 11 is -11.7. The molecule has 436 valence electrons. The number of hydrogen-bond acceptors (Lipinski definition) is 13. The molecule has 8 rings (SSSR count). The minimum atomic E-state index is -6.02. The number of aromatic carboxylic acids is 2. The van der Waals surface area contributed by atoms with Crippen LogP contribution in [0, 0.1) is 0 Å². The van der Waals surface area contributed by atoms with Crippen molar-refractivity contribution < 1.29 is 110 Å². The Morgan fingerprint density at radius 3 is 1.10 bits per heavy atom. The number of phosphoric acid groups is 1. The van der Waals surface area contributed by atoms with Gasteiger partial charge in [-0.3, -0.25) is 0 Å². The molecule has 0 fully saturated rings. The Morgan fingerprint density at radius 1 is 0.531 bits per heavy atom. The molecule has 0 saturated carbocycles. The maximum absolute atomic E-state index is 12.1. The molecule has 81 heavy (non-hydrogen) atoms. The van der Waals surface area contributed by atoms with E-state index in [1.807, 2.05) is 24.3 Å². The Kier molecular flexibility index (Phi) is 24.6. The summed E-state index contributed by atoms with van der Waals surface area (Å²) in [5.74, 6) is -0.378. The van der Waals surface area contributed by atoms with E-state index in [1.165, 1.54) is 0 Å². The predicted molar refractivity (Wildman–Crippen MR) is 292 cm³/mol. The molecule has 7 N–H and O–H groups in total. The van der Waals surface area contributed by atoms with Crippen LogP contribution in [0.25, 0.3) is 66.8 Å². The molecule has 4 aliphatic rings. The van der Waals surface area contributed by atoms with Crippen LogP contribution in [-0.4, -0.2) is 96.7 Å². The standard InChI is InChI=1S/2C28H30N2O3.Mo.H3O4P.2H2O.6O.W/c2*1-5-29(6-2)19-13-15-23-25(17-19)33-26-18-20(30(7-3)8-4)14-16-24(26)27(23)21-11-9-10-12-22(21)28(31)32;;1-5(2,3)4;;;;;;;;;/h2*9-18H,5-8H2,1-4H3;;(H3,1,2,3,4);2*1H2;;;;;;;/q;;;;;;;;;;2*-1;+2. The van der Waals surface area contributed by atoms with Crippen LogP contribution in [-0.2, 0) is 51.6 Å². The van der Waals surface area contributed by atoms with Gasteiger partial charge in [0, 0.05) is 94.8 Å². The first-order valence-corrected chi connectivity index (χ1v) is 35.4. The van der Waals surface area contributed by atoms with Gasteiger partial charge in [0.15, 0.2) is 0 Å². The second-order valence-electron chi connectivity index (χ2n) is 17.4. The van der Waals surface area contributed by atoms with Gasteiger partial charge in [0.1, 0.15) is 48.9 Å². The Balaban J connectivity index is 0.000000279. The fraction of sp³-hybridized carbons (Fsp3) is 0.286. The first kappa shape index (κ1) is 66.8. The van der Waals surface area contributed by atoms with Crippen molar-refractivity contribution >= 4 is 53.1 Å². The zero-order chi connectivity index (χ0) is 60.6. The quantitative estimate of drug-likeness (QED) is 0.0275. The molecule has 25 heteroatoms. The summed E-state index contributed by atoms with van der Waals surface area (Å²) in [6.45, 7) is 24.3. The van der Waals surface area contributed by atoms with E-state index in [0.29, 0.717) is 11.1 Å². The number of hydrogen-bond donors (Lipinski definition) is 7. The van der Waals surface area contributed by atoms with E-state index in [-0.39, 0.29) is 11.1 Å². The van der Waals surface area contributed by atoms with Gasteiger partial charge in [0.05, 0.1) is 23.3 Å². The normalized spacial score (nSPS) is 11.2. The fourth-order valence-electron chi connectivity index (χ4n) is 9.23. The van der Waals surface area contributed by atoms with Gasteiger partial charge in [-0.1, -0.05) is 36.4 Å². The first-order valence-electron chi connectivity index (χ1n) is 25.5. The number of benzene rings is 6. The number of fused-ring (bicyclic) bond motifs is 4. The van der Waals surface area contributed by atoms with Gasteiger partial charge >= 0.3 is 81.9 Å². The van der Waals surface area contributed by atoms with Crippen LogP contribution in [0.2, 0.25) is 0 Å². The van der Waals surface area contributed by atoms with E-state index in [0.717, 1.165) is 130 Å². The van der Waals surface area contributed by atoms with Crippen LogP contribution in [0.1, 0.15) is 76.1 Å². The van der Waals surface area contributed by atoms with Crippen molar-refractivity contribution in [2.45, 2.75) is 55.4 Å². The summed E-state index contributed by atoms with van der Waals surface area (Å²) in [6, 6.07) is 39.2. The summed E-state index contributed by atoms with van der Waals surface area (Å²) in [5.41, 5.74) is 9.23. The number of anilines is 2. The Morgan fingerprint density at radius 2 is 0.827 bits per heavy atom. The maximum atomic E-state index is 12.1. The van der Waals surface area contributed by atoms with Gasteiger partial charge in [-0.25, -0.2) is 23.3 Å². The van der Waals surface area contributed by atoms with E-state index in [4.69, 9.17) is 56.7 Å². The number of carbonyl (C=O) groups is 2. The third-order valence-corrected chi connectivity index (χ3v) is 12.7. The molecular formula is C56H67MoN4O18PW. The van der Waals surface area contributed by atoms with E-state index in [2.05, 4.69) is 147 Å². The molecule has 0 amide bonds. The summed E-state index contributed by atoms with van der Waals surface area (Å²) in [7, 11) is -4.64. The van der Waals surface area contributed by atoms with Crippen molar-refractivity contribution in [1.82, 2.24) is 9.15 Å². The van der Waals surface area contributed by atoms with Crippen molar-refractivity contribution in [2.24, 2.45) is 0 Å². The van der Waals surface area contributed by atoms with Crippen molar-refractivity contribution in [3.8, 4) is 44.9 Å². The van der Waals surface area contributed by atoms with Gasteiger partial charge in [0.2, 0.25) is 10.7 Å². The number of carboxylic acid groups (broad SMARTS) is 2. The molecule has 0 aromatic heterocycles. The van der Waals surface area contributed by atoms with Crippen molar-refractivity contribution in [2.75, 3.05) is 62.2 Å². The van der Waals surface area contributed by atoms with Crippen LogP contribution in [0.3, 0.4) is 0 Å².